The molecule has 2 saturated carbocycles. The van der Waals surface area contributed by atoms with Crippen LogP contribution >= 0.6 is 11.6 Å². The number of carbonyl (C=O) groups excluding carboxylic acids is 2. The van der Waals surface area contributed by atoms with Gasteiger partial charge in [0.15, 0.2) is 0 Å². The average molecular weight is 1200 g/mol. The molecule has 4 heterocycles. The second kappa shape index (κ2) is 26.7. The Morgan fingerprint density at radius 3 is 1.39 bits per heavy atom. The van der Waals surface area contributed by atoms with Crippen molar-refractivity contribution in [2.75, 3.05) is 48.3 Å². The number of carbonyl (C=O) groups is 2. The molecule has 8 aromatic rings. The van der Waals surface area contributed by atoms with Gasteiger partial charge in [-0.05, 0) is 110 Å². The fraction of sp³-hybridized carbons (Fsp3) is 0.267. The summed E-state index contributed by atoms with van der Waals surface area (Å²) in [5.41, 5.74) is 9.37. The average Bonchev–Trinajstić information content (AvgIpc) is 4.57. The molecule has 4 aromatic carbocycles. The third-order valence-electron chi connectivity index (χ3n) is 13.9. The standard InChI is InChI=1S/C30H31N3O4S.C28H28ClN3O4S.C2H3BF3.K/c1-5-20-8-6-7-9-21(20)16-17-33(38(4,35)36)28-24(22-14-15-22)18-25-26(29(34)31-3)27(37-30(25)32-28)23-12-10-19(2)11-13-23;1-17-8-10-20(11-9-17)25-24(27(33)30-2)22-16-21(18-12-13-18)26(31-28(22)36-25)32(37(3,34)35)15-14-19-6-4-5-7-23(19)29;1-2-3(4,5)6;/h5-13,18,22H,1,14-17H2,2-4H3,(H,31,34);4-11,16,18H,12-15H2,1-3H3,(H,30,33);2H,1H2;/q;;-1;+1. The Morgan fingerprint density at radius 2 is 1.04 bits per heavy atom. The molecule has 0 unspecified atom stereocenters. The van der Waals surface area contributed by atoms with Gasteiger partial charge in [0.05, 0.1) is 34.4 Å². The van der Waals surface area contributed by atoms with Crippen molar-refractivity contribution in [3.8, 4) is 22.6 Å². The molecule has 0 spiro atoms. The first-order valence-electron chi connectivity index (χ1n) is 26.2. The number of aryl methyl sites for hydroxylation is 2. The number of nitrogens with zero attached hydrogens (tertiary/aromatic N) is 4. The van der Waals surface area contributed by atoms with E-state index in [2.05, 4.69) is 23.8 Å². The molecule has 0 atom stereocenters. The SMILES string of the molecule is C=C[B-](F)(F)F.C=Cc1ccccc1CCN(c1nc2oc(-c3ccc(C)cc3)c(C(=O)NC)c2cc1C1CC1)S(C)(=O)=O.CNC(=O)c1c(-c2ccc(C)cc2)oc2nc(N(CCc3ccccc3Cl)S(C)(=O)=O)c(C3CC3)cc12.[K+]. The van der Waals surface area contributed by atoms with E-state index in [1.807, 2.05) is 117 Å². The van der Waals surface area contributed by atoms with E-state index < -0.39 is 27.0 Å². The number of furan rings is 2. The van der Waals surface area contributed by atoms with Gasteiger partial charge in [0.2, 0.25) is 31.5 Å². The zero-order valence-corrected chi connectivity index (χ0v) is 52.2. The Balaban J connectivity index is 0.000000212. The Hall–Kier alpha value is -6.04. The molecule has 82 heavy (non-hydrogen) atoms. The van der Waals surface area contributed by atoms with Crippen LogP contribution in [0.25, 0.3) is 50.9 Å². The van der Waals surface area contributed by atoms with Crippen LogP contribution in [0, 0.1) is 13.8 Å². The second-order valence-corrected chi connectivity index (χ2v) is 24.3. The van der Waals surface area contributed by atoms with Crippen LogP contribution in [0.1, 0.15) is 97.2 Å². The summed E-state index contributed by atoms with van der Waals surface area (Å²) in [5, 5.41) is 7.16. The number of benzene rings is 4. The molecule has 2 aliphatic carbocycles. The van der Waals surface area contributed by atoms with E-state index in [1.54, 1.807) is 26.2 Å². The van der Waals surface area contributed by atoms with Crippen molar-refractivity contribution in [1.82, 2.24) is 20.6 Å². The van der Waals surface area contributed by atoms with Gasteiger partial charge in [-0.3, -0.25) is 18.2 Å². The van der Waals surface area contributed by atoms with Crippen LogP contribution in [0.2, 0.25) is 5.02 Å². The van der Waals surface area contributed by atoms with E-state index in [0.29, 0.717) is 62.9 Å². The van der Waals surface area contributed by atoms with Crippen LogP contribution in [-0.2, 0) is 32.9 Å². The van der Waals surface area contributed by atoms with Crippen molar-refractivity contribution in [2.24, 2.45) is 0 Å². The van der Waals surface area contributed by atoms with Crippen molar-refractivity contribution in [3.63, 3.8) is 0 Å². The van der Waals surface area contributed by atoms with Crippen molar-refractivity contribution in [1.29, 1.82) is 0 Å². The van der Waals surface area contributed by atoms with E-state index in [1.165, 1.54) is 21.1 Å². The van der Waals surface area contributed by atoms with E-state index in [0.717, 1.165) is 75.8 Å². The van der Waals surface area contributed by atoms with Gasteiger partial charge in [-0.1, -0.05) is 126 Å². The van der Waals surface area contributed by atoms with Gasteiger partial charge >= 0.3 is 58.4 Å². The number of hydrogen-bond acceptors (Lipinski definition) is 10. The zero-order valence-electron chi connectivity index (χ0n) is 46.7. The third kappa shape index (κ3) is 15.2. The van der Waals surface area contributed by atoms with Gasteiger partial charge in [-0.25, -0.2) is 16.8 Å². The minimum absolute atomic E-state index is 0. The third-order valence-corrected chi connectivity index (χ3v) is 16.6. The van der Waals surface area contributed by atoms with Crippen molar-refractivity contribution >= 4 is 90.4 Å². The topological polar surface area (TPSA) is 185 Å². The largest absolute Gasteiger partial charge is 1.00 e. The number of rotatable bonds is 18. The molecule has 0 bridgehead atoms. The predicted octanol–water partition coefficient (Wildman–Crippen LogP) is 9.96. The zero-order chi connectivity index (χ0) is 58.6. The molecule has 4 aromatic heterocycles. The monoisotopic (exact) mass is 1200 g/mol. The molecule has 424 valence electrons. The first kappa shape index (κ1) is 63.5. The first-order valence-corrected chi connectivity index (χ1v) is 30.3. The minimum atomic E-state index is -4.72. The number of halogens is 4. The molecule has 0 aliphatic heterocycles. The van der Waals surface area contributed by atoms with Crippen molar-refractivity contribution in [3.05, 3.63) is 183 Å². The molecule has 2 N–H and O–H groups in total. The van der Waals surface area contributed by atoms with E-state index in [-0.39, 0.29) is 106 Å². The van der Waals surface area contributed by atoms with Gasteiger partial charge in [-0.2, -0.15) is 15.9 Å². The molecule has 14 nitrogen and oxygen atoms in total. The van der Waals surface area contributed by atoms with Gasteiger partial charge in [-0.15, -0.1) is 6.58 Å². The van der Waals surface area contributed by atoms with Crippen molar-refractivity contribution in [2.45, 2.75) is 64.2 Å². The number of hydrogen-bond donors (Lipinski definition) is 2. The van der Waals surface area contributed by atoms with Gasteiger partial charge in [0.25, 0.3) is 11.8 Å². The summed E-state index contributed by atoms with van der Waals surface area (Å²) in [6.45, 7) is 6.06. The number of nitrogens with one attached hydrogen (secondary N) is 2. The van der Waals surface area contributed by atoms with Gasteiger partial charge < -0.3 is 32.4 Å². The molecular formula is C60H62BClF3KN6O8S2. The summed E-state index contributed by atoms with van der Waals surface area (Å²) >= 11 is 6.33. The van der Waals surface area contributed by atoms with E-state index >= 15 is 0 Å². The normalized spacial score (nSPS) is 13.2. The van der Waals surface area contributed by atoms with Gasteiger partial charge in [0.1, 0.15) is 23.2 Å². The fourth-order valence-corrected chi connectivity index (χ4v) is 11.3. The molecule has 2 amide bonds. The Labute approximate surface area is 524 Å². The summed E-state index contributed by atoms with van der Waals surface area (Å²) in [4.78, 5) is 35.6. The number of anilines is 2. The number of fused-ring (bicyclic) bond motifs is 2. The number of aromatic nitrogens is 2. The summed E-state index contributed by atoms with van der Waals surface area (Å²) < 4.78 is 99.5. The maximum atomic E-state index is 13.1. The molecule has 22 heteroatoms. The first-order chi connectivity index (χ1) is 38.4. The second-order valence-electron chi connectivity index (χ2n) is 20.1. The Bertz CT molecular complexity index is 3910. The summed E-state index contributed by atoms with van der Waals surface area (Å²) in [6, 6.07) is 34.4. The Kier molecular flexibility index (Phi) is 20.7. The minimum Gasteiger partial charge on any atom is -0.445 e. The Morgan fingerprint density at radius 1 is 0.659 bits per heavy atom. The van der Waals surface area contributed by atoms with E-state index in [4.69, 9.17) is 30.4 Å². The molecule has 2 fully saturated rings. The van der Waals surface area contributed by atoms with Crippen LogP contribution < -0.4 is 70.6 Å². The van der Waals surface area contributed by atoms with Crippen LogP contribution in [-0.4, -0.2) is 85.3 Å². The van der Waals surface area contributed by atoms with Gasteiger partial charge in [0, 0.05) is 43.3 Å². The van der Waals surface area contributed by atoms with Crippen molar-refractivity contribution < 1.29 is 99.6 Å². The number of amides is 2. The fourth-order valence-electron chi connectivity index (χ4n) is 9.33. The molecule has 2 aliphatic rings. The van der Waals surface area contributed by atoms with Crippen LogP contribution in [0.5, 0.6) is 0 Å². The predicted molar refractivity (Wildman–Crippen MR) is 318 cm³/mol. The summed E-state index contributed by atoms with van der Waals surface area (Å²) in [6.07, 6.45) is 8.81. The summed E-state index contributed by atoms with van der Waals surface area (Å²) in [7, 11) is -4.18. The quantitative estimate of drug-likeness (QED) is 0.0784. The number of pyridine rings is 2. The van der Waals surface area contributed by atoms with Crippen LogP contribution in [0.4, 0.5) is 24.6 Å². The van der Waals surface area contributed by atoms with E-state index in [9.17, 15) is 39.4 Å². The maximum Gasteiger partial charge on any atom is 1.00 e. The molecule has 10 rings (SSSR count). The molecular weight excluding hydrogens is 1140 g/mol. The summed E-state index contributed by atoms with van der Waals surface area (Å²) in [5.74, 6) is 1.32. The van der Waals surface area contributed by atoms with Crippen LogP contribution in [0.3, 0.4) is 0 Å². The molecule has 0 radical (unpaired) electrons. The smallest absolute Gasteiger partial charge is 0.445 e. The maximum absolute atomic E-state index is 13.1. The number of sulfonamides is 2. The van der Waals surface area contributed by atoms with Crippen LogP contribution in [0.15, 0.2) is 137 Å². The molecule has 0 saturated heterocycles.